The van der Waals surface area contributed by atoms with Crippen molar-refractivity contribution in [3.63, 3.8) is 0 Å². The second-order valence-electron chi connectivity index (χ2n) is 6.88. The Bertz CT molecular complexity index is 1300. The number of thioether (sulfide) groups is 1. The first-order valence-electron chi connectivity index (χ1n) is 9.70. The molecular weight excluding hydrogens is 408 g/mol. The zero-order chi connectivity index (χ0) is 21.6. The molecule has 154 valence electrons. The lowest BCUT2D eigenvalue weighted by Gasteiger charge is -2.13. The maximum Gasteiger partial charge on any atom is 0.266 e. The van der Waals surface area contributed by atoms with Crippen LogP contribution in [-0.2, 0) is 4.79 Å². The van der Waals surface area contributed by atoms with Crippen LogP contribution in [0.3, 0.4) is 0 Å². The van der Waals surface area contributed by atoms with E-state index in [1.165, 1.54) is 11.8 Å². The number of para-hydroxylation sites is 1. The highest BCUT2D eigenvalue weighted by molar-refractivity contribution is 7.99. The van der Waals surface area contributed by atoms with Gasteiger partial charge in [0.2, 0.25) is 0 Å². The molecule has 31 heavy (non-hydrogen) atoms. The second-order valence-corrected chi connectivity index (χ2v) is 7.82. The van der Waals surface area contributed by atoms with E-state index in [4.69, 9.17) is 0 Å². The van der Waals surface area contributed by atoms with Gasteiger partial charge in [-0.25, -0.2) is 10.4 Å². The first-order chi connectivity index (χ1) is 15.1. The third-order valence-corrected chi connectivity index (χ3v) is 5.51. The van der Waals surface area contributed by atoms with Crippen molar-refractivity contribution in [2.45, 2.75) is 12.1 Å². The number of hydrogen-bond acceptors (Lipinski definition) is 5. The fraction of sp³-hybridized carbons (Fsp3) is 0.0833. The minimum absolute atomic E-state index is 0.0722. The van der Waals surface area contributed by atoms with Crippen LogP contribution in [0.4, 0.5) is 0 Å². The molecule has 0 fully saturated rings. The largest absolute Gasteiger partial charge is 0.272 e. The van der Waals surface area contributed by atoms with Crippen molar-refractivity contribution in [1.29, 1.82) is 0 Å². The van der Waals surface area contributed by atoms with Crippen molar-refractivity contribution >= 4 is 34.8 Å². The lowest BCUT2D eigenvalue weighted by Crippen LogP contribution is -2.24. The van der Waals surface area contributed by atoms with Gasteiger partial charge >= 0.3 is 0 Å². The maximum atomic E-state index is 13.2. The molecule has 1 aromatic heterocycles. The van der Waals surface area contributed by atoms with Crippen molar-refractivity contribution in [2.24, 2.45) is 5.10 Å². The fourth-order valence-corrected chi connectivity index (χ4v) is 3.82. The van der Waals surface area contributed by atoms with Crippen LogP contribution in [0.25, 0.3) is 16.6 Å². The molecule has 1 N–H and O–H groups in total. The normalized spacial score (nSPS) is 11.1. The number of aryl methyl sites for hydroxylation is 1. The van der Waals surface area contributed by atoms with Crippen LogP contribution in [0.15, 0.2) is 93.9 Å². The average molecular weight is 429 g/mol. The summed E-state index contributed by atoms with van der Waals surface area (Å²) in [7, 11) is 0. The number of hydrazone groups is 1. The van der Waals surface area contributed by atoms with Crippen LogP contribution in [0.5, 0.6) is 0 Å². The summed E-state index contributed by atoms with van der Waals surface area (Å²) in [5.74, 6) is -0.210. The molecule has 3 aromatic carbocycles. The van der Waals surface area contributed by atoms with Crippen LogP contribution in [0.2, 0.25) is 0 Å². The van der Waals surface area contributed by atoms with E-state index in [1.807, 2.05) is 73.7 Å². The highest BCUT2D eigenvalue weighted by Gasteiger charge is 2.14. The van der Waals surface area contributed by atoms with Crippen molar-refractivity contribution in [3.8, 4) is 5.69 Å². The van der Waals surface area contributed by atoms with Crippen molar-refractivity contribution in [1.82, 2.24) is 15.0 Å². The van der Waals surface area contributed by atoms with Crippen LogP contribution in [-0.4, -0.2) is 27.4 Å². The van der Waals surface area contributed by atoms with Crippen LogP contribution in [0.1, 0.15) is 11.1 Å². The molecule has 0 spiro atoms. The smallest absolute Gasteiger partial charge is 0.266 e. The summed E-state index contributed by atoms with van der Waals surface area (Å²) in [6, 6.07) is 24.3. The number of carbonyl (C=O) groups is 1. The highest BCUT2D eigenvalue weighted by atomic mass is 32.2. The Kier molecular flexibility index (Phi) is 6.24. The number of benzene rings is 3. The number of carbonyl (C=O) groups excluding carboxylic acids is 1. The Morgan fingerprint density at radius 2 is 1.74 bits per heavy atom. The lowest BCUT2D eigenvalue weighted by molar-refractivity contribution is -0.118. The number of aromatic nitrogens is 2. The monoisotopic (exact) mass is 428 g/mol. The Labute approximate surface area is 183 Å². The predicted octanol–water partition coefficient (Wildman–Crippen LogP) is 3.94. The van der Waals surface area contributed by atoms with Crippen molar-refractivity contribution < 1.29 is 4.79 Å². The first kappa shape index (κ1) is 20.6. The van der Waals surface area contributed by atoms with E-state index in [9.17, 15) is 9.59 Å². The van der Waals surface area contributed by atoms with Gasteiger partial charge in [-0.15, -0.1) is 0 Å². The molecule has 4 rings (SSSR count). The third kappa shape index (κ3) is 4.90. The van der Waals surface area contributed by atoms with E-state index < -0.39 is 0 Å². The molecule has 0 aliphatic carbocycles. The van der Waals surface area contributed by atoms with E-state index in [0.29, 0.717) is 21.7 Å². The zero-order valence-electron chi connectivity index (χ0n) is 16.9. The Balaban J connectivity index is 1.58. The Morgan fingerprint density at radius 3 is 2.52 bits per heavy atom. The molecule has 0 aliphatic rings. The van der Waals surface area contributed by atoms with Gasteiger partial charge in [-0.1, -0.05) is 71.9 Å². The van der Waals surface area contributed by atoms with Gasteiger partial charge in [-0.3, -0.25) is 14.2 Å². The van der Waals surface area contributed by atoms with Crippen molar-refractivity contribution in [2.75, 3.05) is 5.75 Å². The van der Waals surface area contributed by atoms with E-state index in [0.717, 1.165) is 11.1 Å². The molecule has 0 aliphatic heterocycles. The molecule has 4 aromatic rings. The second kappa shape index (κ2) is 9.40. The van der Waals surface area contributed by atoms with Gasteiger partial charge in [-0.05, 0) is 36.8 Å². The molecule has 0 atom stereocenters. The molecule has 7 heteroatoms. The number of fused-ring (bicyclic) bond motifs is 1. The van der Waals surface area contributed by atoms with Crippen LogP contribution in [0, 0.1) is 6.92 Å². The predicted molar refractivity (Wildman–Crippen MR) is 125 cm³/mol. The Morgan fingerprint density at radius 1 is 1.03 bits per heavy atom. The summed E-state index contributed by atoms with van der Waals surface area (Å²) in [5.41, 5.74) is 5.63. The van der Waals surface area contributed by atoms with Crippen LogP contribution >= 0.6 is 11.8 Å². The van der Waals surface area contributed by atoms with Gasteiger partial charge in [0.1, 0.15) is 0 Å². The molecule has 1 amide bonds. The standard InChI is InChI=1S/C24H20N4O2S/c1-17-11-13-19(14-12-17)28-23(30)20-9-5-6-10-21(20)26-24(28)31-16-22(29)27-25-15-18-7-3-2-4-8-18/h2-15H,16H2,1H3,(H,27,29)/b25-15-. The van der Waals surface area contributed by atoms with Gasteiger partial charge in [0.25, 0.3) is 11.5 Å². The minimum Gasteiger partial charge on any atom is -0.272 e. The van der Waals surface area contributed by atoms with Gasteiger partial charge in [0.15, 0.2) is 5.16 Å². The third-order valence-electron chi connectivity index (χ3n) is 4.57. The number of amides is 1. The molecule has 0 unspecified atom stereocenters. The summed E-state index contributed by atoms with van der Waals surface area (Å²) in [6.45, 7) is 1.99. The summed E-state index contributed by atoms with van der Waals surface area (Å²) in [6.07, 6.45) is 1.58. The van der Waals surface area contributed by atoms with Crippen LogP contribution < -0.4 is 11.0 Å². The summed E-state index contributed by atoms with van der Waals surface area (Å²) in [5, 5.41) is 4.97. The van der Waals surface area contributed by atoms with Gasteiger partial charge in [0.05, 0.1) is 28.6 Å². The molecule has 1 heterocycles. The number of nitrogens with zero attached hydrogens (tertiary/aromatic N) is 3. The number of hydrogen-bond donors (Lipinski definition) is 1. The molecule has 0 saturated heterocycles. The van der Waals surface area contributed by atoms with E-state index in [-0.39, 0.29) is 17.2 Å². The first-order valence-corrected chi connectivity index (χ1v) is 10.7. The summed E-state index contributed by atoms with van der Waals surface area (Å²) >= 11 is 1.20. The van der Waals surface area contributed by atoms with Crippen molar-refractivity contribution in [3.05, 3.63) is 100 Å². The van der Waals surface area contributed by atoms with E-state index in [2.05, 4.69) is 15.5 Å². The molecule has 0 saturated carbocycles. The summed E-state index contributed by atoms with van der Waals surface area (Å²) < 4.78 is 1.55. The topological polar surface area (TPSA) is 76.3 Å². The molecule has 6 nitrogen and oxygen atoms in total. The number of nitrogens with one attached hydrogen (secondary N) is 1. The summed E-state index contributed by atoms with van der Waals surface area (Å²) in [4.78, 5) is 30.1. The zero-order valence-corrected chi connectivity index (χ0v) is 17.7. The minimum atomic E-state index is -0.282. The van der Waals surface area contributed by atoms with Gasteiger partial charge in [0, 0.05) is 0 Å². The average Bonchev–Trinajstić information content (AvgIpc) is 2.79. The molecular formula is C24H20N4O2S. The quantitative estimate of drug-likeness (QED) is 0.218. The maximum absolute atomic E-state index is 13.2. The van der Waals surface area contributed by atoms with Gasteiger partial charge < -0.3 is 0 Å². The highest BCUT2D eigenvalue weighted by Crippen LogP contribution is 2.21. The lowest BCUT2D eigenvalue weighted by atomic mass is 10.2. The van der Waals surface area contributed by atoms with Gasteiger partial charge in [-0.2, -0.15) is 5.10 Å². The molecule has 0 bridgehead atoms. The van der Waals surface area contributed by atoms with E-state index >= 15 is 0 Å². The number of rotatable bonds is 6. The molecule has 0 radical (unpaired) electrons. The SMILES string of the molecule is Cc1ccc(-n2c(SCC(=O)N/N=C\c3ccccc3)nc3ccccc3c2=O)cc1. The Hall–Kier alpha value is -3.71. The fourth-order valence-electron chi connectivity index (χ4n) is 3.01. The van der Waals surface area contributed by atoms with E-state index in [1.54, 1.807) is 22.9 Å².